The van der Waals surface area contributed by atoms with E-state index in [1.165, 1.54) is 0 Å². The van der Waals surface area contributed by atoms with Crippen LogP contribution < -0.4 is 4.72 Å². The molecule has 0 aromatic heterocycles. The molecule has 1 aliphatic heterocycles. The van der Waals surface area contributed by atoms with Crippen LogP contribution in [0, 0.1) is 17.2 Å². The maximum Gasteiger partial charge on any atom is 0.225 e. The van der Waals surface area contributed by atoms with E-state index in [1.807, 2.05) is 0 Å². The number of nitrogens with zero attached hydrogens (tertiary/aromatic N) is 1. The van der Waals surface area contributed by atoms with Gasteiger partial charge >= 0.3 is 0 Å². The highest BCUT2D eigenvalue weighted by Gasteiger charge is 2.25. The lowest BCUT2D eigenvalue weighted by Crippen LogP contribution is -2.39. The van der Waals surface area contributed by atoms with E-state index in [9.17, 15) is 8.42 Å². The number of rotatable bonds is 4. The van der Waals surface area contributed by atoms with Gasteiger partial charge in [0.1, 0.15) is 0 Å². The van der Waals surface area contributed by atoms with Crippen molar-refractivity contribution in [1.82, 2.24) is 4.72 Å². The Balaban J connectivity index is 2.47. The van der Waals surface area contributed by atoms with Gasteiger partial charge in [0.05, 0.1) is 12.7 Å². The third kappa shape index (κ3) is 3.25. The smallest absolute Gasteiger partial charge is 0.225 e. The van der Waals surface area contributed by atoms with Crippen molar-refractivity contribution in [1.29, 1.82) is 5.26 Å². The van der Waals surface area contributed by atoms with Crippen LogP contribution in [0.5, 0.6) is 0 Å². The fourth-order valence-corrected chi connectivity index (χ4v) is 2.47. The zero-order valence-electron chi connectivity index (χ0n) is 8.06. The van der Waals surface area contributed by atoms with Crippen molar-refractivity contribution >= 4 is 10.0 Å². The number of hydrogen-bond acceptors (Lipinski definition) is 4. The first-order chi connectivity index (χ1) is 6.55. The van der Waals surface area contributed by atoms with Gasteiger partial charge in [-0.15, -0.1) is 0 Å². The molecule has 1 N–H and O–H groups in total. The summed E-state index contributed by atoms with van der Waals surface area (Å²) in [6.45, 7) is 3.08. The minimum absolute atomic E-state index is 0.157. The Kier molecular flexibility index (Phi) is 3.86. The van der Waals surface area contributed by atoms with E-state index in [-0.39, 0.29) is 12.0 Å². The first-order valence-corrected chi connectivity index (χ1v) is 6.15. The molecule has 1 aliphatic rings. The van der Waals surface area contributed by atoms with Gasteiger partial charge in [-0.2, -0.15) is 5.26 Å². The largest absolute Gasteiger partial charge is 0.381 e. The van der Waals surface area contributed by atoms with E-state index < -0.39 is 15.8 Å². The van der Waals surface area contributed by atoms with E-state index in [1.54, 1.807) is 13.0 Å². The van der Waals surface area contributed by atoms with Gasteiger partial charge in [0, 0.05) is 18.6 Å². The van der Waals surface area contributed by atoms with E-state index in [0.717, 1.165) is 6.42 Å². The summed E-state index contributed by atoms with van der Waals surface area (Å²) in [6.07, 6.45) is 0.871. The van der Waals surface area contributed by atoms with Crippen LogP contribution in [0.2, 0.25) is 0 Å². The van der Waals surface area contributed by atoms with Gasteiger partial charge in [-0.3, -0.25) is 0 Å². The summed E-state index contributed by atoms with van der Waals surface area (Å²) < 4.78 is 30.1. The molecular formula is C8H14N2O3S. The van der Waals surface area contributed by atoms with Crippen LogP contribution in [0.25, 0.3) is 0 Å². The quantitative estimate of drug-likeness (QED) is 0.712. The lowest BCUT2D eigenvalue weighted by molar-refractivity contribution is 0.180. The van der Waals surface area contributed by atoms with Crippen molar-refractivity contribution in [2.24, 2.45) is 5.92 Å². The Morgan fingerprint density at radius 3 is 2.93 bits per heavy atom. The molecule has 0 radical (unpaired) electrons. The summed E-state index contributed by atoms with van der Waals surface area (Å²) in [7, 11) is -3.43. The van der Waals surface area contributed by atoms with Crippen LogP contribution in [0.3, 0.4) is 0 Å². The van der Waals surface area contributed by atoms with Crippen molar-refractivity contribution in [2.45, 2.75) is 19.4 Å². The van der Waals surface area contributed by atoms with Gasteiger partial charge in [-0.1, -0.05) is 0 Å². The summed E-state index contributed by atoms with van der Waals surface area (Å²) in [4.78, 5) is 0. The number of nitriles is 1. The van der Waals surface area contributed by atoms with Crippen molar-refractivity contribution in [3.8, 4) is 6.07 Å². The summed E-state index contributed by atoms with van der Waals surface area (Å²) in [5.41, 5.74) is 0. The van der Waals surface area contributed by atoms with Crippen molar-refractivity contribution < 1.29 is 13.2 Å². The molecule has 1 heterocycles. The Bertz CT molecular complexity index is 314. The lowest BCUT2D eigenvalue weighted by Gasteiger charge is -2.17. The molecular weight excluding hydrogens is 204 g/mol. The van der Waals surface area contributed by atoms with Crippen LogP contribution in [-0.2, 0) is 14.8 Å². The van der Waals surface area contributed by atoms with Crippen LogP contribution in [0.15, 0.2) is 0 Å². The SMILES string of the molecule is CC(NS(=O)(=O)CC#N)C1CCOC1. The molecule has 14 heavy (non-hydrogen) atoms. The highest BCUT2D eigenvalue weighted by molar-refractivity contribution is 7.89. The van der Waals surface area contributed by atoms with Gasteiger partial charge in [0.2, 0.25) is 10.0 Å². The fourth-order valence-electron chi connectivity index (χ4n) is 1.45. The second kappa shape index (κ2) is 4.73. The standard InChI is InChI=1S/C8H14N2O3S/c1-7(8-2-4-13-6-8)10-14(11,12)5-3-9/h7-8,10H,2,4-6H2,1H3. The minimum atomic E-state index is -3.43. The van der Waals surface area contributed by atoms with Crippen LogP contribution in [0.4, 0.5) is 0 Å². The third-order valence-corrected chi connectivity index (χ3v) is 3.53. The van der Waals surface area contributed by atoms with Crippen LogP contribution in [-0.4, -0.2) is 33.4 Å². The Labute approximate surface area is 84.1 Å². The number of nitrogens with one attached hydrogen (secondary N) is 1. The molecule has 0 bridgehead atoms. The zero-order chi connectivity index (χ0) is 10.6. The molecule has 1 fully saturated rings. The fraction of sp³-hybridized carbons (Fsp3) is 0.875. The van der Waals surface area contributed by atoms with Crippen molar-refractivity contribution in [2.75, 3.05) is 19.0 Å². The highest BCUT2D eigenvalue weighted by atomic mass is 32.2. The molecule has 2 unspecified atom stereocenters. The average Bonchev–Trinajstić information content (AvgIpc) is 2.53. The first-order valence-electron chi connectivity index (χ1n) is 4.50. The number of sulfonamides is 1. The van der Waals surface area contributed by atoms with E-state index >= 15 is 0 Å². The molecule has 0 aromatic carbocycles. The molecule has 0 saturated carbocycles. The Morgan fingerprint density at radius 2 is 2.43 bits per heavy atom. The first kappa shape index (κ1) is 11.4. The molecule has 2 atom stereocenters. The zero-order valence-corrected chi connectivity index (χ0v) is 8.88. The van der Waals surface area contributed by atoms with E-state index in [4.69, 9.17) is 10.00 Å². The van der Waals surface area contributed by atoms with Gasteiger partial charge in [0.15, 0.2) is 5.75 Å². The van der Waals surface area contributed by atoms with Crippen LogP contribution >= 0.6 is 0 Å². The van der Waals surface area contributed by atoms with Gasteiger partial charge in [0.25, 0.3) is 0 Å². The van der Waals surface area contributed by atoms with Crippen molar-refractivity contribution in [3.05, 3.63) is 0 Å². The third-order valence-electron chi connectivity index (χ3n) is 2.29. The second-order valence-electron chi connectivity index (χ2n) is 3.45. The maximum absolute atomic E-state index is 11.2. The van der Waals surface area contributed by atoms with Gasteiger partial charge < -0.3 is 4.74 Å². The summed E-state index contributed by atoms with van der Waals surface area (Å²) in [5, 5.41) is 8.29. The van der Waals surface area contributed by atoms with E-state index in [2.05, 4.69) is 4.72 Å². The summed E-state index contributed by atoms with van der Waals surface area (Å²) >= 11 is 0. The highest BCUT2D eigenvalue weighted by Crippen LogP contribution is 2.16. The van der Waals surface area contributed by atoms with E-state index in [0.29, 0.717) is 13.2 Å². The molecule has 0 aliphatic carbocycles. The predicted molar refractivity (Wildman–Crippen MR) is 50.9 cm³/mol. The monoisotopic (exact) mass is 218 g/mol. The molecule has 0 amide bonds. The summed E-state index contributed by atoms with van der Waals surface area (Å²) in [6, 6.07) is 1.47. The molecule has 5 nitrogen and oxygen atoms in total. The molecule has 1 saturated heterocycles. The topological polar surface area (TPSA) is 79.2 Å². The minimum Gasteiger partial charge on any atom is -0.381 e. The molecule has 6 heteroatoms. The molecule has 80 valence electrons. The normalized spacial score (nSPS) is 24.4. The lowest BCUT2D eigenvalue weighted by atomic mass is 10.0. The molecule has 1 rings (SSSR count). The summed E-state index contributed by atoms with van der Waals surface area (Å²) in [5.74, 6) is -0.256. The average molecular weight is 218 g/mol. The number of hydrogen-bond donors (Lipinski definition) is 1. The number of ether oxygens (including phenoxy) is 1. The maximum atomic E-state index is 11.2. The Hall–Kier alpha value is -0.640. The van der Waals surface area contributed by atoms with Crippen molar-refractivity contribution in [3.63, 3.8) is 0 Å². The molecule has 0 aromatic rings. The van der Waals surface area contributed by atoms with Gasteiger partial charge in [-0.25, -0.2) is 13.1 Å². The predicted octanol–water partition coefficient (Wildman–Crippen LogP) is -0.146. The second-order valence-corrected chi connectivity index (χ2v) is 5.20. The Morgan fingerprint density at radius 1 is 1.71 bits per heavy atom. The molecule has 0 spiro atoms. The van der Waals surface area contributed by atoms with Gasteiger partial charge in [-0.05, 0) is 13.3 Å². The van der Waals surface area contributed by atoms with Crippen LogP contribution in [0.1, 0.15) is 13.3 Å².